The molecule has 2 atom stereocenters. The Kier molecular flexibility index (Phi) is 67.9. The summed E-state index contributed by atoms with van der Waals surface area (Å²) in [6.45, 7) is 4.82. The molecule has 0 aromatic carbocycles. The van der Waals surface area contributed by atoms with Crippen LogP contribution in [0.2, 0.25) is 0 Å². The van der Waals surface area contributed by atoms with Crippen molar-refractivity contribution in [3.8, 4) is 0 Å². The second kappa shape index (κ2) is 69.7. The van der Waals surface area contributed by atoms with Crippen molar-refractivity contribution in [1.29, 1.82) is 0 Å². The molecule has 0 aliphatic heterocycles. The van der Waals surface area contributed by atoms with Gasteiger partial charge in [-0.15, -0.1) is 0 Å². The maximum Gasteiger partial charge on any atom is 0.306 e. The van der Waals surface area contributed by atoms with Crippen LogP contribution in [0.3, 0.4) is 0 Å². The van der Waals surface area contributed by atoms with Gasteiger partial charge in [0.1, 0.15) is 13.2 Å². The van der Waals surface area contributed by atoms with Gasteiger partial charge in [0, 0.05) is 12.8 Å². The Labute approximate surface area is 541 Å². The number of rotatable bonds is 73. The molecule has 87 heavy (non-hydrogen) atoms. The Morgan fingerprint density at radius 1 is 0.345 bits per heavy atom. The molecule has 0 rings (SSSR count). The third-order valence-corrected chi connectivity index (χ3v) is 17.7. The van der Waals surface area contributed by atoms with Crippen molar-refractivity contribution in [3.63, 3.8) is 0 Å². The lowest BCUT2D eigenvalue weighted by molar-refractivity contribution is -0.870. The normalized spacial score (nSPS) is 12.7. The zero-order valence-electron chi connectivity index (χ0n) is 58.9. The number of carbonyl (C=O) groups is 3. The molecule has 0 N–H and O–H groups in total. The second-order valence-electron chi connectivity index (χ2n) is 27.7. The molecule has 0 saturated heterocycles. The summed E-state index contributed by atoms with van der Waals surface area (Å²) in [5, 5.41) is 11.8. The number of aliphatic carboxylic acids is 1. The van der Waals surface area contributed by atoms with Gasteiger partial charge in [0.25, 0.3) is 0 Å². The summed E-state index contributed by atoms with van der Waals surface area (Å²) < 4.78 is 22.9. The lowest BCUT2D eigenvalue weighted by atomic mass is 10.0. The van der Waals surface area contributed by atoms with Gasteiger partial charge < -0.3 is 33.3 Å². The zero-order valence-corrected chi connectivity index (χ0v) is 58.9. The van der Waals surface area contributed by atoms with Crippen molar-refractivity contribution in [2.75, 3.05) is 47.5 Å². The monoisotopic (exact) mass is 1230 g/mol. The standard InChI is InChI=1S/C78H149NO8/c1-6-8-10-12-14-16-18-20-22-24-26-28-30-31-32-33-34-35-36-37-38-39-40-41-42-43-44-45-47-49-51-53-55-57-59-61-63-65-67-69-76(81)87-74(73-86-78(77(82)83)84-71-70-79(3,4)5)72-85-75(80)68-66-64-62-60-58-56-54-52-50-48-46-29-27-25-23-21-19-17-15-13-11-9-7-2/h18,20,24,26,74,78H,6-17,19,21-23,25,27-73H2,1-5H3/b20-18-,26-24-. The first-order valence-electron chi connectivity index (χ1n) is 38.5. The molecule has 0 saturated carbocycles. The van der Waals surface area contributed by atoms with E-state index >= 15 is 0 Å². The van der Waals surface area contributed by atoms with Crippen LogP contribution in [0.5, 0.6) is 0 Å². The summed E-state index contributed by atoms with van der Waals surface area (Å²) in [6, 6.07) is 0. The molecule has 0 amide bonds. The Morgan fingerprint density at radius 2 is 0.621 bits per heavy atom. The highest BCUT2D eigenvalue weighted by atomic mass is 16.7. The first-order valence-corrected chi connectivity index (χ1v) is 38.5. The number of hydrogen-bond acceptors (Lipinski definition) is 8. The third-order valence-electron chi connectivity index (χ3n) is 17.7. The number of hydrogen-bond donors (Lipinski definition) is 0. The number of ether oxygens (including phenoxy) is 4. The van der Waals surface area contributed by atoms with Crippen molar-refractivity contribution < 1.29 is 42.9 Å². The Bertz CT molecular complexity index is 1480. The number of unbranched alkanes of at least 4 members (excludes halogenated alkanes) is 54. The molecule has 0 aliphatic rings. The minimum Gasteiger partial charge on any atom is -0.545 e. The molecule has 0 aliphatic carbocycles. The lowest BCUT2D eigenvalue weighted by Crippen LogP contribution is -2.44. The van der Waals surface area contributed by atoms with Crippen molar-refractivity contribution in [2.45, 2.75) is 411 Å². The first kappa shape index (κ1) is 84.8. The van der Waals surface area contributed by atoms with Gasteiger partial charge in [-0.2, -0.15) is 0 Å². The second-order valence-corrected chi connectivity index (χ2v) is 27.7. The van der Waals surface area contributed by atoms with E-state index in [1.807, 2.05) is 21.1 Å². The summed E-state index contributed by atoms with van der Waals surface area (Å²) in [5.41, 5.74) is 0. The minimum absolute atomic E-state index is 0.152. The van der Waals surface area contributed by atoms with Gasteiger partial charge in [0.15, 0.2) is 12.4 Å². The molecular weight excluding hydrogens is 1080 g/mol. The molecule has 0 spiro atoms. The van der Waals surface area contributed by atoms with Crippen LogP contribution in [0.1, 0.15) is 399 Å². The largest absolute Gasteiger partial charge is 0.545 e. The van der Waals surface area contributed by atoms with Crippen molar-refractivity contribution in [3.05, 3.63) is 24.3 Å². The molecule has 9 heteroatoms. The predicted octanol–water partition coefficient (Wildman–Crippen LogP) is 22.8. The van der Waals surface area contributed by atoms with Gasteiger partial charge >= 0.3 is 11.9 Å². The van der Waals surface area contributed by atoms with Crippen molar-refractivity contribution in [1.82, 2.24) is 0 Å². The highest BCUT2D eigenvalue weighted by molar-refractivity contribution is 5.70. The summed E-state index contributed by atoms with van der Waals surface area (Å²) in [6.07, 6.45) is 84.4. The van der Waals surface area contributed by atoms with Gasteiger partial charge in [0.05, 0.1) is 40.3 Å². The van der Waals surface area contributed by atoms with E-state index in [1.165, 1.54) is 327 Å². The Morgan fingerprint density at radius 3 is 0.908 bits per heavy atom. The maximum absolute atomic E-state index is 13.0. The molecule has 9 nitrogen and oxygen atoms in total. The molecule has 0 fully saturated rings. The van der Waals surface area contributed by atoms with Crippen LogP contribution in [0.15, 0.2) is 24.3 Å². The first-order chi connectivity index (χ1) is 42.6. The van der Waals surface area contributed by atoms with Crippen LogP contribution in [-0.4, -0.2) is 82.3 Å². The van der Waals surface area contributed by atoms with E-state index in [9.17, 15) is 19.5 Å². The maximum atomic E-state index is 13.0. The number of carboxylic acid groups (broad SMARTS) is 1. The number of allylic oxidation sites excluding steroid dienone is 4. The number of esters is 2. The zero-order chi connectivity index (χ0) is 63.3. The lowest BCUT2D eigenvalue weighted by Gasteiger charge is -2.26. The number of carbonyl (C=O) groups excluding carboxylic acids is 3. The van der Waals surface area contributed by atoms with Crippen molar-refractivity contribution in [2.24, 2.45) is 0 Å². The smallest absolute Gasteiger partial charge is 0.306 e. The summed E-state index contributed by atoms with van der Waals surface area (Å²) in [5.74, 6) is -2.25. The fourth-order valence-corrected chi connectivity index (χ4v) is 11.8. The SMILES string of the molecule is CCCCCCC/C=C\C/C=C\CCCCCCCCCCCCCCCCCCCCCCCCCCCCCC(=O)OC(COC(=O)CCCCCCCCCCCCCCCCCCCCCCCCC)COC(OCC[N+](C)(C)C)C(=O)[O-]. The number of quaternary nitrogens is 1. The number of carboxylic acids is 1. The topological polar surface area (TPSA) is 111 Å². The molecule has 0 bridgehead atoms. The van der Waals surface area contributed by atoms with Crippen LogP contribution in [0.25, 0.3) is 0 Å². The molecule has 0 aromatic rings. The summed E-state index contributed by atoms with van der Waals surface area (Å²) >= 11 is 0. The van der Waals surface area contributed by atoms with E-state index in [2.05, 4.69) is 38.2 Å². The van der Waals surface area contributed by atoms with Crippen LogP contribution in [0, 0.1) is 0 Å². The van der Waals surface area contributed by atoms with Gasteiger partial charge in [-0.05, 0) is 44.9 Å². The van der Waals surface area contributed by atoms with Crippen LogP contribution in [-0.2, 0) is 33.3 Å². The number of likely N-dealkylation sites (N-methyl/N-ethyl adjacent to an activating group) is 1. The fourth-order valence-electron chi connectivity index (χ4n) is 11.8. The van der Waals surface area contributed by atoms with Gasteiger partial charge in [0.2, 0.25) is 0 Å². The minimum atomic E-state index is -1.62. The quantitative estimate of drug-likeness (QED) is 0.0195. The highest BCUT2D eigenvalue weighted by Gasteiger charge is 2.22. The average molecular weight is 1230 g/mol. The van der Waals surface area contributed by atoms with E-state index in [0.29, 0.717) is 17.4 Å². The van der Waals surface area contributed by atoms with E-state index in [-0.39, 0.29) is 32.2 Å². The van der Waals surface area contributed by atoms with Gasteiger partial charge in [-0.1, -0.05) is 366 Å². The molecule has 2 unspecified atom stereocenters. The van der Waals surface area contributed by atoms with Gasteiger partial charge in [-0.3, -0.25) is 9.59 Å². The Hall–Kier alpha value is -2.23. The fraction of sp³-hybridized carbons (Fsp3) is 0.910. The van der Waals surface area contributed by atoms with Crippen LogP contribution < -0.4 is 5.11 Å². The van der Waals surface area contributed by atoms with E-state index < -0.39 is 24.3 Å². The predicted molar refractivity (Wildman–Crippen MR) is 371 cm³/mol. The Balaban J connectivity index is 3.94. The van der Waals surface area contributed by atoms with Crippen LogP contribution >= 0.6 is 0 Å². The average Bonchev–Trinajstić information content (AvgIpc) is 3.55. The third kappa shape index (κ3) is 71.1. The summed E-state index contributed by atoms with van der Waals surface area (Å²) in [7, 11) is 5.95. The summed E-state index contributed by atoms with van der Waals surface area (Å²) in [4.78, 5) is 37.5. The molecule has 0 aromatic heterocycles. The molecule has 514 valence electrons. The molecule has 0 radical (unpaired) electrons. The van der Waals surface area contributed by atoms with Gasteiger partial charge in [-0.25, -0.2) is 0 Å². The van der Waals surface area contributed by atoms with E-state index in [4.69, 9.17) is 18.9 Å². The molecular formula is C78H149NO8. The van der Waals surface area contributed by atoms with Crippen molar-refractivity contribution >= 4 is 17.9 Å². The highest BCUT2D eigenvalue weighted by Crippen LogP contribution is 2.20. The van der Waals surface area contributed by atoms with Crippen LogP contribution in [0.4, 0.5) is 0 Å². The number of nitrogens with zero attached hydrogens (tertiary/aromatic N) is 1. The van der Waals surface area contributed by atoms with E-state index in [1.54, 1.807) is 0 Å². The van der Waals surface area contributed by atoms with E-state index in [0.717, 1.165) is 44.9 Å². The molecule has 0 heterocycles.